The number of thioether (sulfide) groups is 1. The van der Waals surface area contributed by atoms with Crippen LogP contribution in [0.3, 0.4) is 0 Å². The van der Waals surface area contributed by atoms with Crippen LogP contribution in [0.2, 0.25) is 0 Å². The Bertz CT molecular complexity index is 1170. The van der Waals surface area contributed by atoms with Crippen LogP contribution >= 0.6 is 27.7 Å². The maximum atomic E-state index is 12.5. The second kappa shape index (κ2) is 8.34. The number of anilines is 1. The number of hydrogen-bond acceptors (Lipinski definition) is 5. The standard InChI is InChI=1S/C21H18BrN5OS/c1-13-4-3-5-14(2)19(13)26-18(28)11-29-21-17-10-25-27(20(17)23-12-24-21)16-8-6-15(22)7-9-16/h3-10,12H,11H2,1-2H3,(H,26,28). The summed E-state index contributed by atoms with van der Waals surface area (Å²) >= 11 is 4.82. The van der Waals surface area contributed by atoms with E-state index in [4.69, 9.17) is 0 Å². The Morgan fingerprint density at radius 1 is 1.10 bits per heavy atom. The summed E-state index contributed by atoms with van der Waals surface area (Å²) in [7, 11) is 0. The van der Waals surface area contributed by atoms with Crippen LogP contribution in [0.1, 0.15) is 11.1 Å². The van der Waals surface area contributed by atoms with E-state index in [1.807, 2.05) is 56.3 Å². The van der Waals surface area contributed by atoms with Gasteiger partial charge in [-0.2, -0.15) is 5.10 Å². The summed E-state index contributed by atoms with van der Waals surface area (Å²) in [5.41, 5.74) is 4.58. The van der Waals surface area contributed by atoms with Gasteiger partial charge in [0.2, 0.25) is 5.91 Å². The highest BCUT2D eigenvalue weighted by molar-refractivity contribution is 9.10. The van der Waals surface area contributed by atoms with E-state index in [0.29, 0.717) is 5.65 Å². The van der Waals surface area contributed by atoms with Gasteiger partial charge >= 0.3 is 0 Å². The molecule has 0 bridgehead atoms. The van der Waals surface area contributed by atoms with Crippen LogP contribution in [0.4, 0.5) is 5.69 Å². The van der Waals surface area contributed by atoms with Gasteiger partial charge in [-0.1, -0.05) is 45.9 Å². The van der Waals surface area contributed by atoms with Gasteiger partial charge in [0.25, 0.3) is 0 Å². The van der Waals surface area contributed by atoms with Gasteiger partial charge in [0.15, 0.2) is 5.65 Å². The monoisotopic (exact) mass is 467 g/mol. The summed E-state index contributed by atoms with van der Waals surface area (Å²) in [5, 5.41) is 9.01. The molecule has 1 N–H and O–H groups in total. The molecule has 0 saturated heterocycles. The maximum absolute atomic E-state index is 12.5. The predicted molar refractivity (Wildman–Crippen MR) is 120 cm³/mol. The Labute approximate surface area is 180 Å². The van der Waals surface area contributed by atoms with Crippen LogP contribution in [0.25, 0.3) is 16.7 Å². The van der Waals surface area contributed by atoms with Gasteiger partial charge in [0, 0.05) is 10.2 Å². The summed E-state index contributed by atoms with van der Waals surface area (Å²) in [6, 6.07) is 13.8. The first-order chi connectivity index (χ1) is 14.0. The molecule has 4 aromatic rings. The number of carbonyl (C=O) groups excluding carboxylic acids is 1. The molecule has 6 nitrogen and oxygen atoms in total. The lowest BCUT2D eigenvalue weighted by Crippen LogP contribution is -2.15. The number of para-hydroxylation sites is 1. The van der Waals surface area contributed by atoms with E-state index < -0.39 is 0 Å². The first-order valence-electron chi connectivity index (χ1n) is 8.96. The van der Waals surface area contributed by atoms with Crippen molar-refractivity contribution in [3.05, 3.63) is 70.6 Å². The second-order valence-corrected chi connectivity index (χ2v) is 8.43. The van der Waals surface area contributed by atoms with E-state index >= 15 is 0 Å². The minimum absolute atomic E-state index is 0.0699. The molecule has 0 spiro atoms. The first kappa shape index (κ1) is 19.6. The third-order valence-electron chi connectivity index (χ3n) is 4.49. The average Bonchev–Trinajstić information content (AvgIpc) is 3.15. The van der Waals surface area contributed by atoms with Crippen molar-refractivity contribution in [1.29, 1.82) is 0 Å². The molecule has 0 atom stereocenters. The Morgan fingerprint density at radius 2 is 1.83 bits per heavy atom. The highest BCUT2D eigenvalue weighted by atomic mass is 79.9. The molecule has 1 amide bonds. The van der Waals surface area contributed by atoms with Gasteiger partial charge in [-0.15, -0.1) is 0 Å². The molecule has 0 aliphatic heterocycles. The van der Waals surface area contributed by atoms with Crippen molar-refractivity contribution < 1.29 is 4.79 Å². The van der Waals surface area contributed by atoms with Crippen LogP contribution in [-0.4, -0.2) is 31.4 Å². The third-order valence-corrected chi connectivity index (χ3v) is 6.02. The number of benzene rings is 2. The molecule has 0 unspecified atom stereocenters. The lowest BCUT2D eigenvalue weighted by atomic mass is 10.1. The largest absolute Gasteiger partial charge is 0.325 e. The lowest BCUT2D eigenvalue weighted by Gasteiger charge is -2.11. The number of amides is 1. The van der Waals surface area contributed by atoms with E-state index in [-0.39, 0.29) is 11.7 Å². The second-order valence-electron chi connectivity index (χ2n) is 6.55. The van der Waals surface area contributed by atoms with Gasteiger partial charge in [-0.3, -0.25) is 4.79 Å². The summed E-state index contributed by atoms with van der Waals surface area (Å²) in [4.78, 5) is 21.2. The molecule has 2 aromatic heterocycles. The number of hydrogen-bond donors (Lipinski definition) is 1. The Hall–Kier alpha value is -2.71. The summed E-state index contributed by atoms with van der Waals surface area (Å²) in [5.74, 6) is 0.183. The lowest BCUT2D eigenvalue weighted by molar-refractivity contribution is -0.113. The normalized spacial score (nSPS) is 11.0. The fourth-order valence-corrected chi connectivity index (χ4v) is 4.06. The third kappa shape index (κ3) is 4.18. The highest BCUT2D eigenvalue weighted by Gasteiger charge is 2.14. The van der Waals surface area contributed by atoms with Gasteiger partial charge in [0.05, 0.1) is 23.0 Å². The van der Waals surface area contributed by atoms with E-state index in [2.05, 4.69) is 36.3 Å². The van der Waals surface area contributed by atoms with Crippen molar-refractivity contribution in [1.82, 2.24) is 19.7 Å². The van der Waals surface area contributed by atoms with Crippen LogP contribution in [0, 0.1) is 13.8 Å². The summed E-state index contributed by atoms with van der Waals surface area (Å²) < 4.78 is 2.77. The van der Waals surface area contributed by atoms with Gasteiger partial charge in [-0.25, -0.2) is 14.6 Å². The quantitative estimate of drug-likeness (QED) is 0.332. The van der Waals surface area contributed by atoms with E-state index in [9.17, 15) is 4.79 Å². The van der Waals surface area contributed by atoms with Crippen molar-refractivity contribution in [2.24, 2.45) is 0 Å². The molecule has 2 heterocycles. The Morgan fingerprint density at radius 3 is 2.55 bits per heavy atom. The molecule has 8 heteroatoms. The van der Waals surface area contributed by atoms with E-state index in [0.717, 1.165) is 37.4 Å². The number of carbonyl (C=O) groups is 1. The zero-order chi connectivity index (χ0) is 20.4. The van der Waals surface area contributed by atoms with Crippen LogP contribution < -0.4 is 5.32 Å². The molecule has 0 aliphatic carbocycles. The Kier molecular flexibility index (Phi) is 5.64. The molecule has 146 valence electrons. The molecule has 0 radical (unpaired) electrons. The zero-order valence-corrected chi connectivity index (χ0v) is 18.3. The molecule has 4 rings (SSSR count). The number of aryl methyl sites for hydroxylation is 2. The summed E-state index contributed by atoms with van der Waals surface area (Å²) in [6.45, 7) is 3.97. The smallest absolute Gasteiger partial charge is 0.234 e. The van der Waals surface area contributed by atoms with E-state index in [1.54, 1.807) is 10.9 Å². The number of nitrogens with zero attached hydrogens (tertiary/aromatic N) is 4. The van der Waals surface area contributed by atoms with E-state index in [1.165, 1.54) is 18.1 Å². The predicted octanol–water partition coefficient (Wildman–Crippen LogP) is 4.93. The number of nitrogens with one attached hydrogen (secondary N) is 1. The molecular weight excluding hydrogens is 450 g/mol. The van der Waals surface area contributed by atoms with Gasteiger partial charge in [-0.05, 0) is 49.2 Å². The molecular formula is C21H18BrN5OS. The van der Waals surface area contributed by atoms with Crippen molar-refractivity contribution >= 4 is 50.3 Å². The number of fused-ring (bicyclic) bond motifs is 1. The van der Waals surface area contributed by atoms with Gasteiger partial charge in [0.1, 0.15) is 11.4 Å². The fourth-order valence-electron chi connectivity index (χ4n) is 3.03. The SMILES string of the molecule is Cc1cccc(C)c1NC(=O)CSc1ncnc2c1cnn2-c1ccc(Br)cc1. The number of rotatable bonds is 5. The minimum atomic E-state index is -0.0699. The average molecular weight is 468 g/mol. The van der Waals surface area contributed by atoms with Crippen LogP contribution in [-0.2, 0) is 4.79 Å². The minimum Gasteiger partial charge on any atom is -0.325 e. The first-order valence-corrected chi connectivity index (χ1v) is 10.7. The molecule has 2 aromatic carbocycles. The Balaban J connectivity index is 1.53. The zero-order valence-electron chi connectivity index (χ0n) is 15.9. The number of aromatic nitrogens is 4. The van der Waals surface area contributed by atoms with Crippen molar-refractivity contribution in [2.75, 3.05) is 11.1 Å². The summed E-state index contributed by atoms with van der Waals surface area (Å²) in [6.07, 6.45) is 3.24. The molecule has 0 aliphatic rings. The topological polar surface area (TPSA) is 72.7 Å². The molecule has 0 saturated carbocycles. The van der Waals surface area contributed by atoms with Crippen molar-refractivity contribution in [3.8, 4) is 5.69 Å². The van der Waals surface area contributed by atoms with Crippen molar-refractivity contribution in [2.45, 2.75) is 18.9 Å². The van der Waals surface area contributed by atoms with Crippen LogP contribution in [0.15, 0.2) is 64.5 Å². The number of halogens is 1. The highest BCUT2D eigenvalue weighted by Crippen LogP contribution is 2.27. The molecule has 29 heavy (non-hydrogen) atoms. The maximum Gasteiger partial charge on any atom is 0.234 e. The molecule has 0 fully saturated rings. The van der Waals surface area contributed by atoms with Crippen LogP contribution in [0.5, 0.6) is 0 Å². The fraction of sp³-hybridized carbons (Fsp3) is 0.143. The van der Waals surface area contributed by atoms with Crippen molar-refractivity contribution in [3.63, 3.8) is 0 Å². The van der Waals surface area contributed by atoms with Gasteiger partial charge < -0.3 is 5.32 Å².